The number of carbonyl (C=O) groups is 2. The van der Waals surface area contributed by atoms with Gasteiger partial charge in [0.15, 0.2) is 17.3 Å². The van der Waals surface area contributed by atoms with Gasteiger partial charge in [-0.25, -0.2) is 4.39 Å². The van der Waals surface area contributed by atoms with Crippen LogP contribution in [0.4, 0.5) is 10.1 Å². The fourth-order valence-electron chi connectivity index (χ4n) is 3.82. The number of halogens is 1. The van der Waals surface area contributed by atoms with Gasteiger partial charge in [-0.1, -0.05) is 29.8 Å². The first-order valence-corrected chi connectivity index (χ1v) is 10.5. The molecule has 5 rings (SSSR count). The molecule has 1 aromatic heterocycles. The summed E-state index contributed by atoms with van der Waals surface area (Å²) in [5.74, 6) is -0.441. The number of pyridine rings is 1. The van der Waals surface area contributed by atoms with E-state index in [0.29, 0.717) is 28.3 Å². The van der Waals surface area contributed by atoms with Crippen molar-refractivity contribution in [2.24, 2.45) is 0 Å². The minimum absolute atomic E-state index is 0.0139. The van der Waals surface area contributed by atoms with Gasteiger partial charge >= 0.3 is 0 Å². The summed E-state index contributed by atoms with van der Waals surface area (Å²) in [6.45, 7) is 1.72. The number of benzene rings is 3. The lowest BCUT2D eigenvalue weighted by Gasteiger charge is -2.14. The topological polar surface area (TPSA) is 86.6 Å². The van der Waals surface area contributed by atoms with E-state index in [0.717, 1.165) is 5.56 Å². The molecule has 0 spiro atoms. The van der Waals surface area contributed by atoms with Gasteiger partial charge in [0.1, 0.15) is 12.4 Å². The second-order valence-corrected chi connectivity index (χ2v) is 7.97. The third kappa shape index (κ3) is 4.01. The zero-order valence-corrected chi connectivity index (χ0v) is 18.1. The van der Waals surface area contributed by atoms with Gasteiger partial charge in [0, 0.05) is 23.5 Å². The first kappa shape index (κ1) is 21.4. The van der Waals surface area contributed by atoms with Crippen LogP contribution in [0, 0.1) is 12.7 Å². The van der Waals surface area contributed by atoms with Gasteiger partial charge in [-0.3, -0.25) is 14.4 Å². The molecular weight excluding hydrogens is 439 g/mol. The highest BCUT2D eigenvalue weighted by Crippen LogP contribution is 2.35. The molecule has 0 atom stereocenters. The lowest BCUT2D eigenvalue weighted by molar-refractivity contribution is -0.116. The van der Waals surface area contributed by atoms with Gasteiger partial charge in [-0.2, -0.15) is 0 Å². The van der Waals surface area contributed by atoms with Crippen LogP contribution in [0.3, 0.4) is 0 Å². The van der Waals surface area contributed by atoms with Crippen LogP contribution in [0.15, 0.2) is 71.7 Å². The molecule has 170 valence electrons. The number of hydrogen-bond acceptors (Lipinski definition) is 5. The molecule has 2 heterocycles. The molecule has 1 aliphatic rings. The van der Waals surface area contributed by atoms with E-state index in [1.165, 1.54) is 41.1 Å². The van der Waals surface area contributed by atoms with Crippen LogP contribution in [0.25, 0.3) is 10.9 Å². The van der Waals surface area contributed by atoms with Crippen LogP contribution in [0.1, 0.15) is 21.5 Å². The zero-order valence-electron chi connectivity index (χ0n) is 18.1. The van der Waals surface area contributed by atoms with Crippen LogP contribution in [-0.2, 0) is 11.3 Å². The van der Waals surface area contributed by atoms with E-state index in [4.69, 9.17) is 9.47 Å². The third-order valence-electron chi connectivity index (χ3n) is 5.57. The van der Waals surface area contributed by atoms with Gasteiger partial charge in [-0.05, 0) is 37.3 Å². The summed E-state index contributed by atoms with van der Waals surface area (Å²) in [6.07, 6.45) is 1.39. The Morgan fingerprint density at radius 2 is 1.68 bits per heavy atom. The Bertz CT molecular complexity index is 1490. The second kappa shape index (κ2) is 8.47. The average Bonchev–Trinajstić information content (AvgIpc) is 3.29. The fraction of sp³-hybridized carbons (Fsp3) is 0.115. The molecule has 1 amide bonds. The van der Waals surface area contributed by atoms with E-state index in [2.05, 4.69) is 5.32 Å². The number of rotatable bonds is 5. The number of ketones is 1. The fourth-order valence-corrected chi connectivity index (χ4v) is 3.82. The highest BCUT2D eigenvalue weighted by molar-refractivity contribution is 6.10. The van der Waals surface area contributed by atoms with E-state index in [1.54, 1.807) is 30.3 Å². The molecule has 0 fully saturated rings. The van der Waals surface area contributed by atoms with Crippen LogP contribution in [-0.4, -0.2) is 23.1 Å². The molecule has 3 aromatic carbocycles. The number of hydrogen-bond donors (Lipinski definition) is 1. The average molecular weight is 458 g/mol. The number of anilines is 1. The summed E-state index contributed by atoms with van der Waals surface area (Å²) < 4.78 is 25.5. The molecule has 0 saturated carbocycles. The minimum Gasteiger partial charge on any atom is -0.454 e. The SMILES string of the molecule is Cc1ccc(C(=O)c2cn(CC(=O)Nc3ccc(F)cc3)c3cc4c(cc3c2=O)OCO4)cc1. The standard InChI is InChI=1S/C26H19FN2O5/c1-15-2-4-16(5-3-15)25(31)20-12-29(13-24(30)28-18-8-6-17(27)7-9-18)21-11-23-22(33-14-34-23)10-19(21)26(20)32/h2-12H,13-14H2,1H3,(H,28,30). The van der Waals surface area contributed by atoms with Gasteiger partial charge in [0.2, 0.25) is 18.1 Å². The quantitative estimate of drug-likeness (QED) is 0.456. The van der Waals surface area contributed by atoms with E-state index in [1.807, 2.05) is 6.92 Å². The van der Waals surface area contributed by atoms with Crippen molar-refractivity contribution >= 4 is 28.3 Å². The van der Waals surface area contributed by atoms with E-state index >= 15 is 0 Å². The van der Waals surface area contributed by atoms with Gasteiger partial charge in [0.05, 0.1) is 16.5 Å². The lowest BCUT2D eigenvalue weighted by Crippen LogP contribution is -2.24. The summed E-state index contributed by atoms with van der Waals surface area (Å²) in [6, 6.07) is 15.4. The molecule has 0 unspecified atom stereocenters. The first-order valence-electron chi connectivity index (χ1n) is 10.5. The summed E-state index contributed by atoms with van der Waals surface area (Å²) in [4.78, 5) is 39.3. The number of aromatic nitrogens is 1. The molecule has 4 aromatic rings. The van der Waals surface area contributed by atoms with Crippen molar-refractivity contribution in [3.63, 3.8) is 0 Å². The van der Waals surface area contributed by atoms with Gasteiger partial charge in [-0.15, -0.1) is 0 Å². The van der Waals surface area contributed by atoms with Crippen LogP contribution >= 0.6 is 0 Å². The van der Waals surface area contributed by atoms with Crippen molar-refractivity contribution in [2.45, 2.75) is 13.5 Å². The number of ether oxygens (including phenoxy) is 2. The highest BCUT2D eigenvalue weighted by atomic mass is 19.1. The predicted molar refractivity (Wildman–Crippen MR) is 124 cm³/mol. The number of aryl methyl sites for hydroxylation is 1. The van der Waals surface area contributed by atoms with Crippen molar-refractivity contribution in [1.82, 2.24) is 4.57 Å². The van der Waals surface area contributed by atoms with Crippen LogP contribution in [0.2, 0.25) is 0 Å². The normalized spacial score (nSPS) is 12.1. The highest BCUT2D eigenvalue weighted by Gasteiger charge is 2.22. The Labute approximate surface area is 193 Å². The summed E-state index contributed by atoms with van der Waals surface area (Å²) in [5, 5.41) is 2.92. The largest absolute Gasteiger partial charge is 0.454 e. The van der Waals surface area contributed by atoms with Gasteiger partial charge < -0.3 is 19.4 Å². The van der Waals surface area contributed by atoms with E-state index < -0.39 is 22.9 Å². The Morgan fingerprint density at radius 1 is 1.00 bits per heavy atom. The summed E-state index contributed by atoms with van der Waals surface area (Å²) in [7, 11) is 0. The van der Waals surface area contributed by atoms with E-state index in [-0.39, 0.29) is 24.3 Å². The summed E-state index contributed by atoms with van der Waals surface area (Å²) in [5.41, 5.74) is 1.66. The minimum atomic E-state index is -0.464. The lowest BCUT2D eigenvalue weighted by atomic mass is 10.0. The molecule has 0 saturated heterocycles. The number of nitrogens with zero attached hydrogens (tertiary/aromatic N) is 1. The molecule has 0 aliphatic carbocycles. The zero-order chi connectivity index (χ0) is 23.8. The second-order valence-electron chi connectivity index (χ2n) is 7.97. The first-order chi connectivity index (χ1) is 16.4. The number of nitrogens with one attached hydrogen (secondary N) is 1. The number of carbonyl (C=O) groups excluding carboxylic acids is 2. The summed E-state index contributed by atoms with van der Waals surface area (Å²) >= 11 is 0. The third-order valence-corrected chi connectivity index (χ3v) is 5.57. The maximum atomic E-state index is 13.3. The molecule has 1 aliphatic heterocycles. The monoisotopic (exact) mass is 458 g/mol. The Kier molecular flexibility index (Phi) is 5.33. The number of amides is 1. The van der Waals surface area contributed by atoms with E-state index in [9.17, 15) is 18.8 Å². The Balaban J connectivity index is 1.58. The molecular formula is C26H19FN2O5. The molecule has 1 N–H and O–H groups in total. The maximum absolute atomic E-state index is 13.3. The maximum Gasteiger partial charge on any atom is 0.244 e. The van der Waals surface area contributed by atoms with Crippen molar-refractivity contribution in [3.8, 4) is 11.5 Å². The Morgan fingerprint density at radius 3 is 2.38 bits per heavy atom. The predicted octanol–water partition coefficient (Wildman–Crippen LogP) is 4.05. The molecule has 34 heavy (non-hydrogen) atoms. The van der Waals surface area contributed by atoms with Crippen molar-refractivity contribution in [1.29, 1.82) is 0 Å². The molecule has 8 heteroatoms. The molecule has 0 radical (unpaired) electrons. The molecule has 7 nitrogen and oxygen atoms in total. The van der Waals surface area contributed by atoms with Gasteiger partial charge in [0.25, 0.3) is 0 Å². The van der Waals surface area contributed by atoms with Crippen LogP contribution < -0.4 is 20.2 Å². The van der Waals surface area contributed by atoms with Crippen LogP contribution in [0.5, 0.6) is 11.5 Å². The van der Waals surface area contributed by atoms with Crippen molar-refractivity contribution < 1.29 is 23.5 Å². The number of fused-ring (bicyclic) bond motifs is 2. The van der Waals surface area contributed by atoms with Crippen molar-refractivity contribution in [2.75, 3.05) is 12.1 Å². The smallest absolute Gasteiger partial charge is 0.244 e. The van der Waals surface area contributed by atoms with Crippen molar-refractivity contribution in [3.05, 3.63) is 99.6 Å². The Hall–Kier alpha value is -4.46. The molecule has 0 bridgehead atoms.